The van der Waals surface area contributed by atoms with Gasteiger partial charge in [-0.15, -0.1) is 0 Å². The number of aryl methyl sites for hydroxylation is 1. The van der Waals surface area contributed by atoms with Crippen molar-refractivity contribution >= 4 is 10.0 Å². The van der Waals surface area contributed by atoms with Gasteiger partial charge in [0, 0.05) is 31.7 Å². The second-order valence-corrected chi connectivity index (χ2v) is 9.46. The lowest BCUT2D eigenvalue weighted by Crippen LogP contribution is -2.58. The third kappa shape index (κ3) is 3.50. The van der Waals surface area contributed by atoms with Gasteiger partial charge in [0.25, 0.3) is 0 Å². The van der Waals surface area contributed by atoms with E-state index in [1.165, 1.54) is 0 Å². The zero-order chi connectivity index (χ0) is 19.9. The van der Waals surface area contributed by atoms with Crippen LogP contribution >= 0.6 is 0 Å². The highest BCUT2D eigenvalue weighted by molar-refractivity contribution is 7.89. The molecule has 0 saturated carbocycles. The predicted octanol–water partition coefficient (Wildman–Crippen LogP) is 3.01. The number of hydrogen-bond donors (Lipinski definition) is 0. The van der Waals surface area contributed by atoms with Gasteiger partial charge in [0.15, 0.2) is 11.5 Å². The molecule has 4 rings (SSSR count). The van der Waals surface area contributed by atoms with Crippen molar-refractivity contribution in [3.8, 4) is 11.5 Å². The van der Waals surface area contributed by atoms with E-state index >= 15 is 0 Å². The Morgan fingerprint density at radius 3 is 2.43 bits per heavy atom. The minimum Gasteiger partial charge on any atom is -0.454 e. The molecule has 2 aliphatic rings. The Hall–Kier alpha value is -2.09. The van der Waals surface area contributed by atoms with E-state index in [0.717, 1.165) is 29.2 Å². The van der Waals surface area contributed by atoms with Crippen LogP contribution in [-0.4, -0.2) is 49.6 Å². The lowest BCUT2D eigenvalue weighted by molar-refractivity contribution is 0.0786. The number of sulfonamides is 1. The van der Waals surface area contributed by atoms with E-state index in [0.29, 0.717) is 18.0 Å². The fourth-order valence-electron chi connectivity index (χ4n) is 3.86. The summed E-state index contributed by atoms with van der Waals surface area (Å²) in [5.41, 5.74) is 2.19. The first-order valence-corrected chi connectivity index (χ1v) is 11.0. The summed E-state index contributed by atoms with van der Waals surface area (Å²) in [5, 5.41) is 0. The predicted molar refractivity (Wildman–Crippen MR) is 107 cm³/mol. The van der Waals surface area contributed by atoms with Crippen LogP contribution < -0.4 is 9.47 Å². The second-order valence-electron chi connectivity index (χ2n) is 7.57. The van der Waals surface area contributed by atoms with Crippen LogP contribution in [0.4, 0.5) is 0 Å². The molecular formula is C21H26N2O4S. The van der Waals surface area contributed by atoms with Gasteiger partial charge in [-0.3, -0.25) is 4.90 Å². The van der Waals surface area contributed by atoms with Gasteiger partial charge < -0.3 is 9.47 Å². The van der Waals surface area contributed by atoms with Gasteiger partial charge in [-0.1, -0.05) is 23.8 Å². The molecule has 0 amide bonds. The van der Waals surface area contributed by atoms with Gasteiger partial charge in [0.1, 0.15) is 0 Å². The van der Waals surface area contributed by atoms with Crippen LogP contribution in [0.25, 0.3) is 0 Å². The Labute approximate surface area is 166 Å². The second kappa shape index (κ2) is 7.39. The maximum atomic E-state index is 13.1. The molecule has 28 heavy (non-hydrogen) atoms. The number of nitrogens with zero attached hydrogens (tertiary/aromatic N) is 2. The lowest BCUT2D eigenvalue weighted by Gasteiger charge is -2.44. The normalized spacial score (nSPS) is 23.1. The number of piperazine rings is 1. The van der Waals surface area contributed by atoms with E-state index in [4.69, 9.17) is 9.47 Å². The van der Waals surface area contributed by atoms with E-state index in [1.54, 1.807) is 16.4 Å². The fourth-order valence-corrected chi connectivity index (χ4v) is 5.55. The van der Waals surface area contributed by atoms with Crippen molar-refractivity contribution in [1.82, 2.24) is 9.21 Å². The Balaban J connectivity index is 1.49. The monoisotopic (exact) mass is 402 g/mol. The van der Waals surface area contributed by atoms with Crippen LogP contribution in [0.15, 0.2) is 47.4 Å². The zero-order valence-electron chi connectivity index (χ0n) is 16.5. The Kier molecular flexibility index (Phi) is 5.07. The van der Waals surface area contributed by atoms with E-state index in [-0.39, 0.29) is 18.9 Å². The minimum atomic E-state index is -3.50. The van der Waals surface area contributed by atoms with Gasteiger partial charge in [0.2, 0.25) is 16.8 Å². The summed E-state index contributed by atoms with van der Waals surface area (Å²) in [4.78, 5) is 2.69. The van der Waals surface area contributed by atoms with Crippen molar-refractivity contribution in [1.29, 1.82) is 0 Å². The lowest BCUT2D eigenvalue weighted by atomic mass is 10.1. The molecule has 0 radical (unpaired) electrons. The summed E-state index contributed by atoms with van der Waals surface area (Å²) in [6, 6.07) is 13.0. The molecule has 2 aromatic rings. The first-order valence-electron chi connectivity index (χ1n) is 9.57. The molecule has 0 aromatic heterocycles. The van der Waals surface area contributed by atoms with E-state index in [9.17, 15) is 8.42 Å². The fraction of sp³-hybridized carbons (Fsp3) is 0.429. The SMILES string of the molecule is Cc1ccc(S(=O)(=O)N2CCN(Cc3ccc4c(c3)OCO4)[C@H](C)[C@H]2C)cc1. The maximum Gasteiger partial charge on any atom is 0.243 e. The molecule has 2 atom stereocenters. The molecule has 0 spiro atoms. The zero-order valence-corrected chi connectivity index (χ0v) is 17.3. The van der Waals surface area contributed by atoms with Crippen LogP contribution in [0.5, 0.6) is 11.5 Å². The van der Waals surface area contributed by atoms with Gasteiger partial charge in [-0.25, -0.2) is 8.42 Å². The number of benzene rings is 2. The largest absolute Gasteiger partial charge is 0.454 e. The number of ether oxygens (including phenoxy) is 2. The van der Waals surface area contributed by atoms with Crippen molar-refractivity contribution in [3.63, 3.8) is 0 Å². The van der Waals surface area contributed by atoms with Crippen molar-refractivity contribution in [2.75, 3.05) is 19.9 Å². The third-order valence-corrected chi connectivity index (χ3v) is 7.79. The molecule has 2 aromatic carbocycles. The topological polar surface area (TPSA) is 59.1 Å². The number of fused-ring (bicyclic) bond motifs is 1. The average molecular weight is 403 g/mol. The molecule has 0 N–H and O–H groups in total. The van der Waals surface area contributed by atoms with Crippen molar-refractivity contribution < 1.29 is 17.9 Å². The first kappa shape index (κ1) is 19.2. The summed E-state index contributed by atoms with van der Waals surface area (Å²) >= 11 is 0. The number of rotatable bonds is 4. The standard InChI is InChI=1S/C21H26N2O4S/c1-15-4-7-19(8-5-15)28(24,25)23-11-10-22(16(2)17(23)3)13-18-6-9-20-21(12-18)27-14-26-20/h4-9,12,16-17H,10-11,13-14H2,1-3H3/t16-,17-/m1/s1. The van der Waals surface area contributed by atoms with Crippen LogP contribution in [0, 0.1) is 6.92 Å². The molecule has 7 heteroatoms. The van der Waals surface area contributed by atoms with Gasteiger partial charge in [0.05, 0.1) is 4.90 Å². The number of hydrogen-bond acceptors (Lipinski definition) is 5. The molecular weight excluding hydrogens is 376 g/mol. The van der Waals surface area contributed by atoms with Gasteiger partial charge >= 0.3 is 0 Å². The van der Waals surface area contributed by atoms with Crippen LogP contribution in [0.2, 0.25) is 0 Å². The molecule has 0 aliphatic carbocycles. The highest BCUT2D eigenvalue weighted by Gasteiger charge is 2.38. The van der Waals surface area contributed by atoms with Crippen molar-refractivity contribution in [2.45, 2.75) is 44.3 Å². The molecule has 150 valence electrons. The summed E-state index contributed by atoms with van der Waals surface area (Å²) < 4.78 is 38.7. The van der Waals surface area contributed by atoms with Crippen LogP contribution in [-0.2, 0) is 16.6 Å². The Morgan fingerprint density at radius 2 is 1.68 bits per heavy atom. The first-order chi connectivity index (χ1) is 13.4. The van der Waals surface area contributed by atoms with E-state index < -0.39 is 10.0 Å². The van der Waals surface area contributed by atoms with Crippen molar-refractivity contribution in [3.05, 3.63) is 53.6 Å². The highest BCUT2D eigenvalue weighted by Crippen LogP contribution is 2.33. The third-order valence-electron chi connectivity index (χ3n) is 5.79. The van der Waals surface area contributed by atoms with Crippen molar-refractivity contribution in [2.24, 2.45) is 0 Å². The molecule has 0 unspecified atom stereocenters. The maximum absolute atomic E-state index is 13.1. The van der Waals surface area contributed by atoms with Crippen LogP contribution in [0.3, 0.4) is 0 Å². The van der Waals surface area contributed by atoms with Gasteiger partial charge in [-0.05, 0) is 50.6 Å². The molecule has 2 aliphatic heterocycles. The Bertz CT molecular complexity index is 959. The van der Waals surface area contributed by atoms with E-state index in [1.807, 2.05) is 44.2 Å². The van der Waals surface area contributed by atoms with Crippen LogP contribution in [0.1, 0.15) is 25.0 Å². The smallest absolute Gasteiger partial charge is 0.243 e. The molecule has 1 saturated heterocycles. The molecule has 6 nitrogen and oxygen atoms in total. The molecule has 1 fully saturated rings. The average Bonchev–Trinajstić information content (AvgIpc) is 3.13. The highest BCUT2D eigenvalue weighted by atomic mass is 32.2. The summed E-state index contributed by atoms with van der Waals surface area (Å²) in [6.07, 6.45) is 0. The van der Waals surface area contributed by atoms with Gasteiger partial charge in [-0.2, -0.15) is 4.31 Å². The quantitative estimate of drug-likeness (QED) is 0.787. The summed E-state index contributed by atoms with van der Waals surface area (Å²) in [6.45, 7) is 8.21. The summed E-state index contributed by atoms with van der Waals surface area (Å²) in [5.74, 6) is 1.55. The Morgan fingerprint density at radius 1 is 0.964 bits per heavy atom. The van der Waals surface area contributed by atoms with E-state index in [2.05, 4.69) is 11.8 Å². The molecule has 2 heterocycles. The minimum absolute atomic E-state index is 0.0967. The summed E-state index contributed by atoms with van der Waals surface area (Å²) in [7, 11) is -3.50. The molecule has 0 bridgehead atoms.